The average Bonchev–Trinajstić information content (AvgIpc) is 2.54. The summed E-state index contributed by atoms with van der Waals surface area (Å²) in [6.07, 6.45) is -6.89. The number of likely N-dealkylation sites (N-methyl/N-ethyl adjacent to an activating group) is 1. The first-order valence-electron chi connectivity index (χ1n) is 6.97. The molecule has 0 radical (unpaired) electrons. The summed E-state index contributed by atoms with van der Waals surface area (Å²) in [5.41, 5.74) is -0.0000945. The number of nitrogens with zero attached hydrogens (tertiary/aromatic N) is 1. The molecule has 0 saturated carbocycles. The van der Waals surface area contributed by atoms with E-state index in [9.17, 15) is 40.3 Å². The molecule has 1 aromatic carbocycles. The van der Waals surface area contributed by atoms with E-state index in [4.69, 9.17) is 0 Å². The van der Waals surface area contributed by atoms with Gasteiger partial charge in [0, 0.05) is 12.6 Å². The van der Waals surface area contributed by atoms with E-state index in [2.05, 4.69) is 0 Å². The maximum absolute atomic E-state index is 13.5. The van der Waals surface area contributed by atoms with Crippen LogP contribution >= 0.6 is 0 Å². The second-order valence-electron chi connectivity index (χ2n) is 5.22. The Bertz CT molecular complexity index is 629. The zero-order chi connectivity index (χ0) is 19.6. The number of hydrogen-bond acceptors (Lipinski definition) is 2. The first kappa shape index (κ1) is 20.9. The lowest BCUT2D eigenvalue weighted by atomic mass is 9.99. The van der Waals surface area contributed by atoms with Crippen LogP contribution in [-0.2, 0) is 4.79 Å². The molecule has 0 N–H and O–H groups in total. The molecule has 0 fully saturated rings. The van der Waals surface area contributed by atoms with E-state index >= 15 is 0 Å². The Kier molecular flexibility index (Phi) is 5.86. The van der Waals surface area contributed by atoms with Crippen LogP contribution in [0.25, 0.3) is 0 Å². The first-order chi connectivity index (χ1) is 11.3. The van der Waals surface area contributed by atoms with Crippen molar-refractivity contribution in [3.63, 3.8) is 0 Å². The molecular weight excluding hydrogens is 359 g/mol. The third-order valence-corrected chi connectivity index (χ3v) is 3.55. The van der Waals surface area contributed by atoms with Gasteiger partial charge in [-0.2, -0.15) is 30.7 Å². The quantitative estimate of drug-likeness (QED) is 0.560. The molecule has 0 aromatic heterocycles. The van der Waals surface area contributed by atoms with Crippen LogP contribution in [0.4, 0.5) is 30.7 Å². The molecule has 1 aromatic rings. The van der Waals surface area contributed by atoms with Gasteiger partial charge >= 0.3 is 18.0 Å². The summed E-state index contributed by atoms with van der Waals surface area (Å²) in [4.78, 5) is 23.8. The van der Waals surface area contributed by atoms with E-state index in [-0.39, 0.29) is 16.9 Å². The van der Waals surface area contributed by atoms with Gasteiger partial charge in [-0.1, -0.05) is 37.3 Å². The van der Waals surface area contributed by atoms with Crippen molar-refractivity contribution in [3.05, 3.63) is 35.9 Å². The van der Waals surface area contributed by atoms with Crippen molar-refractivity contribution in [2.45, 2.75) is 37.4 Å². The number of halogens is 7. The highest BCUT2D eigenvalue weighted by atomic mass is 19.4. The molecule has 1 unspecified atom stereocenters. The van der Waals surface area contributed by atoms with Crippen LogP contribution < -0.4 is 0 Å². The molecular formula is C15H14F7NO2. The minimum atomic E-state index is -6.63. The fourth-order valence-electron chi connectivity index (χ4n) is 2.11. The number of rotatable bonds is 6. The van der Waals surface area contributed by atoms with E-state index in [0.717, 1.165) is 0 Å². The number of alkyl halides is 7. The molecule has 1 rings (SSSR count). The van der Waals surface area contributed by atoms with Crippen LogP contribution in [0.3, 0.4) is 0 Å². The Morgan fingerprint density at radius 1 is 1.00 bits per heavy atom. The molecule has 3 nitrogen and oxygen atoms in total. The minimum absolute atomic E-state index is 0.0000945. The van der Waals surface area contributed by atoms with Crippen molar-refractivity contribution in [2.75, 3.05) is 7.05 Å². The van der Waals surface area contributed by atoms with Gasteiger partial charge in [0.2, 0.25) is 0 Å². The number of carbonyl (C=O) groups excluding carboxylic acids is 2. The van der Waals surface area contributed by atoms with E-state index in [1.54, 1.807) is 6.07 Å². The van der Waals surface area contributed by atoms with E-state index in [1.165, 1.54) is 31.2 Å². The third-order valence-electron chi connectivity index (χ3n) is 3.55. The molecule has 10 heteroatoms. The Morgan fingerprint density at radius 3 is 1.88 bits per heavy atom. The summed E-state index contributed by atoms with van der Waals surface area (Å²) in [5.74, 6) is -16.3. The second-order valence-corrected chi connectivity index (χ2v) is 5.22. The average molecular weight is 373 g/mol. The normalized spacial score (nSPS) is 14.1. The smallest absolute Gasteiger partial charge is 0.330 e. The molecule has 0 bridgehead atoms. The number of benzene rings is 1. The highest BCUT2D eigenvalue weighted by Gasteiger charge is 2.77. The summed E-state index contributed by atoms with van der Waals surface area (Å²) in [6.45, 7) is 1.30. The number of hydrogen-bond donors (Lipinski definition) is 0. The van der Waals surface area contributed by atoms with Crippen LogP contribution in [0, 0.1) is 0 Å². The van der Waals surface area contributed by atoms with Gasteiger partial charge in [-0.05, 0) is 6.42 Å². The molecule has 0 aliphatic carbocycles. The highest BCUT2D eigenvalue weighted by molar-refractivity contribution is 6.02. The third kappa shape index (κ3) is 3.77. The predicted octanol–water partition coefficient (Wildman–Crippen LogP) is 3.94. The Labute approximate surface area is 138 Å². The maximum atomic E-state index is 13.5. The number of Topliss-reactive ketones (excluding diaryl/α,β-unsaturated/α-hetero) is 1. The first-order valence-corrected chi connectivity index (χ1v) is 6.97. The molecule has 0 heterocycles. The number of ketones is 1. The van der Waals surface area contributed by atoms with Crippen LogP contribution in [0.15, 0.2) is 30.3 Å². The van der Waals surface area contributed by atoms with Crippen molar-refractivity contribution in [1.82, 2.24) is 4.90 Å². The molecule has 0 saturated heterocycles. The highest BCUT2D eigenvalue weighted by Crippen LogP contribution is 2.47. The Morgan fingerprint density at radius 2 is 1.48 bits per heavy atom. The van der Waals surface area contributed by atoms with Crippen molar-refractivity contribution in [2.24, 2.45) is 0 Å². The molecule has 1 atom stereocenters. The van der Waals surface area contributed by atoms with Gasteiger partial charge in [0.1, 0.15) is 0 Å². The van der Waals surface area contributed by atoms with Crippen LogP contribution in [0.5, 0.6) is 0 Å². The summed E-state index contributed by atoms with van der Waals surface area (Å²) in [5, 5.41) is 0. The number of amides is 1. The molecule has 25 heavy (non-hydrogen) atoms. The topological polar surface area (TPSA) is 37.4 Å². The minimum Gasteiger partial charge on any atom is -0.330 e. The Hall–Kier alpha value is -2.13. The second kappa shape index (κ2) is 7.01. The van der Waals surface area contributed by atoms with Crippen molar-refractivity contribution < 1.29 is 40.3 Å². The van der Waals surface area contributed by atoms with Gasteiger partial charge in [0.05, 0.1) is 6.04 Å². The fraction of sp³-hybridized carbons (Fsp3) is 0.467. The van der Waals surface area contributed by atoms with E-state index < -0.39 is 35.8 Å². The lowest BCUT2D eigenvalue weighted by molar-refractivity contribution is -0.345. The van der Waals surface area contributed by atoms with Gasteiger partial charge in [0.15, 0.2) is 5.78 Å². The van der Waals surface area contributed by atoms with Gasteiger partial charge in [-0.3, -0.25) is 9.59 Å². The standard InChI is InChI=1S/C15H14F7NO2/c1-3-10(11(24)9-7-5-4-6-8-9)23(2)12(25)13(16,17)14(18,19)15(20,21)22/h4-8,10H,3H2,1-2H3. The monoisotopic (exact) mass is 373 g/mol. The molecule has 0 aliphatic heterocycles. The lowest BCUT2D eigenvalue weighted by Gasteiger charge is -2.33. The van der Waals surface area contributed by atoms with Gasteiger partial charge < -0.3 is 4.90 Å². The van der Waals surface area contributed by atoms with Crippen molar-refractivity contribution in [1.29, 1.82) is 0 Å². The molecule has 140 valence electrons. The lowest BCUT2D eigenvalue weighted by Crippen LogP contribution is -2.61. The summed E-state index contributed by atoms with van der Waals surface area (Å²) in [7, 11) is 0.581. The largest absolute Gasteiger partial charge is 0.460 e. The van der Waals surface area contributed by atoms with Crippen molar-refractivity contribution in [3.8, 4) is 0 Å². The summed E-state index contributed by atoms with van der Waals surface area (Å²) >= 11 is 0. The van der Waals surface area contributed by atoms with Crippen LogP contribution in [0.2, 0.25) is 0 Å². The zero-order valence-electron chi connectivity index (χ0n) is 13.1. The van der Waals surface area contributed by atoms with E-state index in [0.29, 0.717) is 7.05 Å². The number of carbonyl (C=O) groups is 2. The maximum Gasteiger partial charge on any atom is 0.460 e. The molecule has 1 amide bonds. The molecule has 0 spiro atoms. The van der Waals surface area contributed by atoms with Gasteiger partial charge in [-0.15, -0.1) is 0 Å². The van der Waals surface area contributed by atoms with Gasteiger partial charge in [0.25, 0.3) is 5.91 Å². The van der Waals surface area contributed by atoms with E-state index in [1.807, 2.05) is 0 Å². The zero-order valence-corrected chi connectivity index (χ0v) is 13.1. The van der Waals surface area contributed by atoms with Crippen molar-refractivity contribution >= 4 is 11.7 Å². The summed E-state index contributed by atoms with van der Waals surface area (Å²) < 4.78 is 89.6. The van der Waals surface area contributed by atoms with Gasteiger partial charge in [-0.25, -0.2) is 0 Å². The summed E-state index contributed by atoms with van der Waals surface area (Å²) in [6, 6.07) is 5.40. The Balaban J connectivity index is 3.16. The van der Waals surface area contributed by atoms with Crippen LogP contribution in [0.1, 0.15) is 23.7 Å². The predicted molar refractivity (Wildman–Crippen MR) is 73.6 cm³/mol. The molecule has 0 aliphatic rings. The van der Waals surface area contributed by atoms with Crippen LogP contribution in [-0.4, -0.2) is 47.7 Å². The SMILES string of the molecule is CCC(C(=O)c1ccccc1)N(C)C(=O)C(F)(F)C(F)(F)C(F)(F)F. The fourth-order valence-corrected chi connectivity index (χ4v) is 2.11.